The second kappa shape index (κ2) is 5.63. The zero-order valence-corrected chi connectivity index (χ0v) is 12.2. The summed E-state index contributed by atoms with van der Waals surface area (Å²) in [4.78, 5) is 9.96. The molecule has 0 spiro atoms. The molecule has 0 amide bonds. The van der Waals surface area contributed by atoms with E-state index in [1.807, 2.05) is 43.1 Å². The zero-order chi connectivity index (χ0) is 14.0. The molecule has 1 aromatic carbocycles. The molecule has 0 fully saturated rings. The average Bonchev–Trinajstić information content (AvgIpc) is 2.40. The van der Waals surface area contributed by atoms with Gasteiger partial charge in [-0.25, -0.2) is 4.98 Å². The molecular weight excluding hydrogens is 283 g/mol. The maximum Gasteiger partial charge on any atom is 0.222 e. The molecule has 0 aliphatic carbocycles. The average molecular weight is 297 g/mol. The molecule has 2 aromatic rings. The van der Waals surface area contributed by atoms with Gasteiger partial charge in [0.15, 0.2) is 5.82 Å². The lowest BCUT2D eigenvalue weighted by molar-refractivity contribution is 0.728. The van der Waals surface area contributed by atoms with Crippen LogP contribution in [0.5, 0.6) is 0 Å². The molecule has 1 unspecified atom stereocenters. The highest BCUT2D eigenvalue weighted by Gasteiger charge is 2.17. The molecule has 0 aliphatic heterocycles. The largest absolute Gasteiger partial charge is 0.368 e. The van der Waals surface area contributed by atoms with Crippen molar-refractivity contribution in [3.8, 4) is 0 Å². The van der Waals surface area contributed by atoms with Gasteiger partial charge in [-0.05, 0) is 24.6 Å². The fourth-order valence-corrected chi connectivity index (χ4v) is 2.22. The Morgan fingerprint density at radius 1 is 1.32 bits per heavy atom. The summed E-state index contributed by atoms with van der Waals surface area (Å²) in [5, 5.41) is 1.16. The minimum atomic E-state index is 0.0606. The maximum absolute atomic E-state index is 6.11. The Balaban J connectivity index is 2.33. The number of nitrogens with zero attached hydrogens (tertiary/aromatic N) is 3. The second-order valence-electron chi connectivity index (χ2n) is 4.24. The van der Waals surface area contributed by atoms with Crippen LogP contribution in [0, 0.1) is 0 Å². The number of hydrogen-bond donors (Lipinski definition) is 1. The highest BCUT2D eigenvalue weighted by Crippen LogP contribution is 2.30. The number of rotatable bonds is 3. The van der Waals surface area contributed by atoms with E-state index in [0.717, 1.165) is 5.56 Å². The van der Waals surface area contributed by atoms with Crippen molar-refractivity contribution in [2.75, 3.05) is 17.7 Å². The van der Waals surface area contributed by atoms with Gasteiger partial charge in [0.1, 0.15) is 5.02 Å². The van der Waals surface area contributed by atoms with Gasteiger partial charge in [0.25, 0.3) is 0 Å². The van der Waals surface area contributed by atoms with Crippen LogP contribution in [0.1, 0.15) is 18.5 Å². The summed E-state index contributed by atoms with van der Waals surface area (Å²) in [5.41, 5.74) is 6.67. The number of nitrogens with two attached hydrogens (primary N) is 1. The summed E-state index contributed by atoms with van der Waals surface area (Å²) in [6.07, 6.45) is 1.50. The van der Waals surface area contributed by atoms with Gasteiger partial charge in [0, 0.05) is 12.1 Å². The van der Waals surface area contributed by atoms with Gasteiger partial charge in [0.2, 0.25) is 5.95 Å². The summed E-state index contributed by atoms with van der Waals surface area (Å²) in [6.45, 7) is 2.04. The minimum Gasteiger partial charge on any atom is -0.368 e. The zero-order valence-electron chi connectivity index (χ0n) is 10.6. The van der Waals surface area contributed by atoms with Crippen molar-refractivity contribution in [2.45, 2.75) is 13.0 Å². The molecule has 0 saturated carbocycles. The van der Waals surface area contributed by atoms with Crippen LogP contribution in [-0.2, 0) is 0 Å². The molecule has 19 heavy (non-hydrogen) atoms. The Bertz CT molecular complexity index is 589. The molecule has 2 N–H and O–H groups in total. The van der Waals surface area contributed by atoms with E-state index in [2.05, 4.69) is 9.97 Å². The van der Waals surface area contributed by atoms with Gasteiger partial charge in [-0.1, -0.05) is 35.3 Å². The van der Waals surface area contributed by atoms with Crippen molar-refractivity contribution in [2.24, 2.45) is 0 Å². The Kier molecular flexibility index (Phi) is 4.12. The highest BCUT2D eigenvalue weighted by molar-refractivity contribution is 6.32. The SMILES string of the molecule is CC(c1cccc(Cl)c1)N(C)c1nc(N)ncc1Cl. The molecule has 0 aliphatic rings. The monoisotopic (exact) mass is 296 g/mol. The molecule has 1 atom stereocenters. The predicted molar refractivity (Wildman–Crippen MR) is 79.7 cm³/mol. The minimum absolute atomic E-state index is 0.0606. The van der Waals surface area contributed by atoms with Gasteiger partial charge < -0.3 is 10.6 Å². The summed E-state index contributed by atoms with van der Waals surface area (Å²) in [6, 6.07) is 7.74. The maximum atomic E-state index is 6.11. The van der Waals surface area contributed by atoms with E-state index in [-0.39, 0.29) is 12.0 Å². The first kappa shape index (κ1) is 13.9. The number of hydrogen-bond acceptors (Lipinski definition) is 4. The Morgan fingerprint density at radius 2 is 2.05 bits per heavy atom. The smallest absolute Gasteiger partial charge is 0.222 e. The van der Waals surface area contributed by atoms with Crippen molar-refractivity contribution in [3.05, 3.63) is 46.1 Å². The molecule has 100 valence electrons. The number of nitrogen functional groups attached to an aromatic ring is 1. The van der Waals surface area contributed by atoms with Crippen LogP contribution in [0.4, 0.5) is 11.8 Å². The van der Waals surface area contributed by atoms with Gasteiger partial charge in [-0.15, -0.1) is 0 Å². The van der Waals surface area contributed by atoms with Crippen LogP contribution in [0.15, 0.2) is 30.5 Å². The van der Waals surface area contributed by atoms with E-state index < -0.39 is 0 Å². The normalized spacial score (nSPS) is 12.2. The molecule has 1 heterocycles. The number of benzene rings is 1. The lowest BCUT2D eigenvalue weighted by atomic mass is 10.1. The van der Waals surface area contributed by atoms with E-state index in [0.29, 0.717) is 15.9 Å². The van der Waals surface area contributed by atoms with Crippen molar-refractivity contribution >= 4 is 35.0 Å². The van der Waals surface area contributed by atoms with E-state index in [9.17, 15) is 0 Å². The van der Waals surface area contributed by atoms with E-state index in [1.165, 1.54) is 6.20 Å². The van der Waals surface area contributed by atoms with Gasteiger partial charge in [-0.2, -0.15) is 4.98 Å². The predicted octanol–water partition coefficient (Wildman–Crippen LogP) is 3.56. The Labute approximate surface area is 122 Å². The second-order valence-corrected chi connectivity index (χ2v) is 5.09. The van der Waals surface area contributed by atoms with Crippen LogP contribution in [0.3, 0.4) is 0 Å². The first-order chi connectivity index (χ1) is 8.99. The molecule has 1 aromatic heterocycles. The molecule has 4 nitrogen and oxygen atoms in total. The van der Waals surface area contributed by atoms with Crippen molar-refractivity contribution in [3.63, 3.8) is 0 Å². The van der Waals surface area contributed by atoms with Crippen molar-refractivity contribution in [1.29, 1.82) is 0 Å². The lowest BCUT2D eigenvalue weighted by Crippen LogP contribution is -2.23. The topological polar surface area (TPSA) is 55.0 Å². The fourth-order valence-electron chi connectivity index (χ4n) is 1.79. The summed E-state index contributed by atoms with van der Waals surface area (Å²) in [5.74, 6) is 0.797. The third-order valence-corrected chi connectivity index (χ3v) is 3.49. The van der Waals surface area contributed by atoms with E-state index in [1.54, 1.807) is 0 Å². The summed E-state index contributed by atoms with van der Waals surface area (Å²) < 4.78 is 0. The summed E-state index contributed by atoms with van der Waals surface area (Å²) >= 11 is 12.1. The third kappa shape index (κ3) is 3.08. The van der Waals surface area contributed by atoms with E-state index in [4.69, 9.17) is 28.9 Å². The Morgan fingerprint density at radius 3 is 2.74 bits per heavy atom. The standard InChI is InChI=1S/C13H14Cl2N4/c1-8(9-4-3-5-10(14)6-9)19(2)12-11(15)7-17-13(16)18-12/h3-8H,1-2H3,(H2,16,17,18). The number of halogens is 2. The molecular formula is C13H14Cl2N4. The van der Waals surface area contributed by atoms with Crippen LogP contribution < -0.4 is 10.6 Å². The first-order valence-corrected chi connectivity index (χ1v) is 6.51. The van der Waals surface area contributed by atoms with E-state index >= 15 is 0 Å². The van der Waals surface area contributed by atoms with Crippen molar-refractivity contribution < 1.29 is 0 Å². The Hall–Kier alpha value is -1.52. The van der Waals surface area contributed by atoms with Crippen molar-refractivity contribution in [1.82, 2.24) is 9.97 Å². The number of anilines is 2. The fraction of sp³-hybridized carbons (Fsp3) is 0.231. The molecule has 0 radical (unpaired) electrons. The third-order valence-electron chi connectivity index (χ3n) is 2.99. The highest BCUT2D eigenvalue weighted by atomic mass is 35.5. The quantitative estimate of drug-likeness (QED) is 0.941. The molecule has 2 rings (SSSR count). The first-order valence-electron chi connectivity index (χ1n) is 5.75. The van der Waals surface area contributed by atoms with Crippen LogP contribution >= 0.6 is 23.2 Å². The summed E-state index contributed by atoms with van der Waals surface area (Å²) in [7, 11) is 1.90. The van der Waals surface area contributed by atoms with Crippen LogP contribution in [0.2, 0.25) is 10.0 Å². The number of aromatic nitrogens is 2. The van der Waals surface area contributed by atoms with Gasteiger partial charge in [-0.3, -0.25) is 0 Å². The molecule has 0 saturated heterocycles. The lowest BCUT2D eigenvalue weighted by Gasteiger charge is -2.27. The van der Waals surface area contributed by atoms with Crippen LogP contribution in [-0.4, -0.2) is 17.0 Å². The van der Waals surface area contributed by atoms with Crippen LogP contribution in [0.25, 0.3) is 0 Å². The van der Waals surface area contributed by atoms with Gasteiger partial charge >= 0.3 is 0 Å². The molecule has 0 bridgehead atoms. The molecule has 6 heteroatoms. The van der Waals surface area contributed by atoms with Gasteiger partial charge in [0.05, 0.1) is 12.2 Å².